The van der Waals surface area contributed by atoms with E-state index in [-0.39, 0.29) is 23.7 Å². The Hall–Kier alpha value is -1.59. The molecule has 0 heterocycles. The van der Waals surface area contributed by atoms with E-state index in [9.17, 15) is 10.2 Å². The van der Waals surface area contributed by atoms with Crippen molar-refractivity contribution in [3.05, 3.63) is 65.2 Å². The van der Waals surface area contributed by atoms with Gasteiger partial charge in [0.1, 0.15) is 5.75 Å². The quantitative estimate of drug-likeness (QED) is 0.668. The summed E-state index contributed by atoms with van der Waals surface area (Å²) in [7, 11) is 1.58. The van der Waals surface area contributed by atoms with Crippen molar-refractivity contribution >= 4 is 12.4 Å². The van der Waals surface area contributed by atoms with Crippen molar-refractivity contribution in [3.8, 4) is 5.75 Å². The second-order valence-corrected chi connectivity index (χ2v) is 6.76. The third-order valence-corrected chi connectivity index (χ3v) is 4.05. The Morgan fingerprint density at radius 1 is 1.12 bits per heavy atom. The highest BCUT2D eigenvalue weighted by Crippen LogP contribution is 2.23. The summed E-state index contributed by atoms with van der Waals surface area (Å²) in [6.07, 6.45) is 0.238. The zero-order valence-electron chi connectivity index (χ0n) is 15.0. The lowest BCUT2D eigenvalue weighted by Crippen LogP contribution is -2.43. The van der Waals surface area contributed by atoms with Crippen LogP contribution in [0.2, 0.25) is 0 Å². The predicted molar refractivity (Wildman–Crippen MR) is 103 cm³/mol. The van der Waals surface area contributed by atoms with Crippen molar-refractivity contribution in [2.45, 2.75) is 38.5 Å². The molecule has 2 rings (SSSR count). The number of phenols is 1. The normalized spacial score (nSPS) is 12.5. The zero-order chi connectivity index (χ0) is 17.6. The van der Waals surface area contributed by atoms with Crippen molar-refractivity contribution in [2.75, 3.05) is 13.7 Å². The van der Waals surface area contributed by atoms with Crippen LogP contribution in [-0.2, 0) is 17.8 Å². The first-order chi connectivity index (χ1) is 11.4. The number of β-amino-alcohol motifs (C(OH)–C–C–N with tert-alkyl or cyclic N) is 1. The molecule has 0 saturated carbocycles. The minimum atomic E-state index is -0.642. The number of methoxy groups -OCH3 is 1. The summed E-state index contributed by atoms with van der Waals surface area (Å²) in [5.74, 6) is 0.185. The molecule has 1 unspecified atom stereocenters. The van der Waals surface area contributed by atoms with E-state index in [0.29, 0.717) is 18.7 Å². The van der Waals surface area contributed by atoms with Crippen molar-refractivity contribution in [2.24, 2.45) is 0 Å². The number of phenolic OH excluding ortho intramolecular Hbond substituents is 1. The Morgan fingerprint density at radius 3 is 2.44 bits per heavy atom. The van der Waals surface area contributed by atoms with Crippen LogP contribution in [0.4, 0.5) is 0 Å². The maximum Gasteiger partial charge on any atom is 0.121 e. The van der Waals surface area contributed by atoms with Gasteiger partial charge in [-0.15, -0.1) is 12.4 Å². The van der Waals surface area contributed by atoms with E-state index in [1.165, 1.54) is 5.56 Å². The van der Waals surface area contributed by atoms with Gasteiger partial charge in [-0.25, -0.2) is 0 Å². The molecule has 2 aromatic rings. The number of halogens is 1. The fraction of sp³-hybridized carbons (Fsp3) is 0.400. The van der Waals surface area contributed by atoms with E-state index < -0.39 is 6.10 Å². The van der Waals surface area contributed by atoms with Gasteiger partial charge >= 0.3 is 0 Å². The van der Waals surface area contributed by atoms with Gasteiger partial charge in [0.2, 0.25) is 0 Å². The summed E-state index contributed by atoms with van der Waals surface area (Å²) in [6, 6.07) is 15.4. The number of aromatic hydroxyl groups is 1. The minimum Gasteiger partial charge on any atom is -0.508 e. The lowest BCUT2D eigenvalue weighted by Gasteiger charge is -2.28. The topological polar surface area (TPSA) is 61.7 Å². The molecule has 2 aromatic carbocycles. The molecule has 0 spiro atoms. The van der Waals surface area contributed by atoms with Gasteiger partial charge in [0.05, 0.1) is 12.7 Å². The number of nitrogens with one attached hydrogen (secondary N) is 1. The molecule has 5 heteroatoms. The first kappa shape index (κ1) is 21.5. The monoisotopic (exact) mass is 365 g/mol. The number of aliphatic hydroxyl groups is 1. The van der Waals surface area contributed by atoms with Gasteiger partial charge in [-0.2, -0.15) is 0 Å². The van der Waals surface area contributed by atoms with Crippen LogP contribution in [-0.4, -0.2) is 29.4 Å². The third-order valence-electron chi connectivity index (χ3n) is 4.05. The average molecular weight is 366 g/mol. The summed E-state index contributed by atoms with van der Waals surface area (Å²) in [6.45, 7) is 5.01. The molecule has 0 amide bonds. The molecule has 0 fully saturated rings. The van der Waals surface area contributed by atoms with Crippen molar-refractivity contribution in [1.82, 2.24) is 5.32 Å². The fourth-order valence-corrected chi connectivity index (χ4v) is 2.74. The van der Waals surface area contributed by atoms with Gasteiger partial charge in [-0.1, -0.05) is 36.4 Å². The predicted octanol–water partition coefficient (Wildman–Crippen LogP) is 3.60. The molecule has 0 radical (unpaired) electrons. The van der Waals surface area contributed by atoms with Crippen molar-refractivity contribution in [1.29, 1.82) is 0 Å². The maximum atomic E-state index is 10.4. The van der Waals surface area contributed by atoms with Crippen LogP contribution in [0.3, 0.4) is 0 Å². The number of rotatable bonds is 8. The van der Waals surface area contributed by atoms with Gasteiger partial charge in [0.15, 0.2) is 0 Å². The highest BCUT2D eigenvalue weighted by Gasteiger charge is 2.20. The summed E-state index contributed by atoms with van der Waals surface area (Å²) in [5.41, 5.74) is 2.58. The summed E-state index contributed by atoms with van der Waals surface area (Å²) in [5, 5.41) is 23.7. The Kier molecular flexibility index (Phi) is 8.39. The maximum absolute atomic E-state index is 10.4. The van der Waals surface area contributed by atoms with E-state index in [2.05, 4.69) is 31.3 Å². The van der Waals surface area contributed by atoms with Gasteiger partial charge in [0, 0.05) is 24.8 Å². The standard InChI is InChI=1S/C20H27NO3.ClH/c1-20(2,12-15-7-5-4-6-8-15)21-13-19(23)16-9-10-18(22)17(11-16)14-24-3;/h4-11,19,21-23H,12-14H2,1-3H3;1H. The fourth-order valence-electron chi connectivity index (χ4n) is 2.74. The zero-order valence-corrected chi connectivity index (χ0v) is 15.8. The Bertz CT molecular complexity index is 647. The molecule has 0 bridgehead atoms. The van der Waals surface area contributed by atoms with Gasteiger partial charge < -0.3 is 20.3 Å². The largest absolute Gasteiger partial charge is 0.508 e. The summed E-state index contributed by atoms with van der Waals surface area (Å²) in [4.78, 5) is 0. The lowest BCUT2D eigenvalue weighted by molar-refractivity contribution is 0.159. The van der Waals surface area contributed by atoms with Crippen molar-refractivity contribution in [3.63, 3.8) is 0 Å². The molecule has 138 valence electrons. The van der Waals surface area contributed by atoms with Crippen LogP contribution in [0.1, 0.15) is 36.6 Å². The van der Waals surface area contributed by atoms with Crippen LogP contribution < -0.4 is 5.32 Å². The van der Waals surface area contributed by atoms with Crippen LogP contribution in [0.25, 0.3) is 0 Å². The van der Waals surface area contributed by atoms with Crippen molar-refractivity contribution < 1.29 is 14.9 Å². The molecule has 25 heavy (non-hydrogen) atoms. The second kappa shape index (κ2) is 9.78. The molecular weight excluding hydrogens is 338 g/mol. The lowest BCUT2D eigenvalue weighted by atomic mass is 9.94. The molecule has 0 saturated heterocycles. The van der Waals surface area contributed by atoms with E-state index >= 15 is 0 Å². The van der Waals surface area contributed by atoms with Gasteiger partial charge in [0.25, 0.3) is 0 Å². The molecule has 0 aliphatic heterocycles. The van der Waals surface area contributed by atoms with E-state index in [1.54, 1.807) is 25.3 Å². The summed E-state index contributed by atoms with van der Waals surface area (Å²) < 4.78 is 5.07. The average Bonchev–Trinajstić information content (AvgIpc) is 2.55. The van der Waals surface area contributed by atoms with Gasteiger partial charge in [-0.05, 0) is 43.5 Å². The van der Waals surface area contributed by atoms with Crippen LogP contribution in [0.15, 0.2) is 48.5 Å². The highest BCUT2D eigenvalue weighted by molar-refractivity contribution is 5.85. The number of hydrogen-bond acceptors (Lipinski definition) is 4. The van der Waals surface area contributed by atoms with Crippen LogP contribution in [0.5, 0.6) is 5.75 Å². The van der Waals surface area contributed by atoms with E-state index in [0.717, 1.165) is 12.0 Å². The molecule has 4 nitrogen and oxygen atoms in total. The van der Waals surface area contributed by atoms with Gasteiger partial charge in [-0.3, -0.25) is 0 Å². The number of benzene rings is 2. The Labute approximate surface area is 156 Å². The smallest absolute Gasteiger partial charge is 0.121 e. The van der Waals surface area contributed by atoms with Crippen LogP contribution in [0, 0.1) is 0 Å². The number of aliphatic hydroxyl groups excluding tert-OH is 1. The van der Waals surface area contributed by atoms with Crippen LogP contribution >= 0.6 is 12.4 Å². The highest BCUT2D eigenvalue weighted by atomic mass is 35.5. The van der Waals surface area contributed by atoms with E-state index in [1.807, 2.05) is 18.2 Å². The van der Waals surface area contributed by atoms with E-state index in [4.69, 9.17) is 4.74 Å². The first-order valence-electron chi connectivity index (χ1n) is 8.19. The third kappa shape index (κ3) is 6.67. The SMILES string of the molecule is COCc1cc(C(O)CNC(C)(C)Cc2ccccc2)ccc1O.Cl. The molecule has 0 aromatic heterocycles. The minimum absolute atomic E-state index is 0. The molecule has 3 N–H and O–H groups in total. The number of ether oxygens (including phenoxy) is 1. The molecule has 1 atom stereocenters. The Morgan fingerprint density at radius 2 is 1.80 bits per heavy atom. The molecule has 0 aliphatic rings. The molecular formula is C20H28ClNO3. The number of hydrogen-bond donors (Lipinski definition) is 3. The first-order valence-corrected chi connectivity index (χ1v) is 8.19. The summed E-state index contributed by atoms with van der Waals surface area (Å²) >= 11 is 0. The molecule has 0 aliphatic carbocycles. The Balaban J connectivity index is 0.00000312. The second-order valence-electron chi connectivity index (χ2n) is 6.76.